The van der Waals surface area contributed by atoms with Crippen molar-refractivity contribution < 1.29 is 9.90 Å². The van der Waals surface area contributed by atoms with Gasteiger partial charge in [-0.1, -0.05) is 0 Å². The number of carboxylic acid groups (broad SMARTS) is 1. The fourth-order valence-corrected chi connectivity index (χ4v) is 4.14. The second kappa shape index (κ2) is 5.21. The van der Waals surface area contributed by atoms with E-state index in [2.05, 4.69) is 26.2 Å². The average molecular weight is 325 g/mol. The molecule has 0 radical (unpaired) electrons. The number of hydrogen-bond donors (Lipinski definition) is 2. The summed E-state index contributed by atoms with van der Waals surface area (Å²) in [6.45, 7) is 0.685. The third-order valence-electron chi connectivity index (χ3n) is 4.50. The van der Waals surface area contributed by atoms with Gasteiger partial charge in [-0.2, -0.15) is 0 Å². The zero-order chi connectivity index (χ0) is 13.4. The largest absolute Gasteiger partial charge is 0.481 e. The fraction of sp³-hybridized carbons (Fsp3) is 0.571. The zero-order valence-electron chi connectivity index (χ0n) is 10.6. The first-order valence-electron chi connectivity index (χ1n) is 6.71. The minimum absolute atomic E-state index is 0.121. The van der Waals surface area contributed by atoms with E-state index in [1.165, 1.54) is 6.42 Å². The highest BCUT2D eigenvalue weighted by atomic mass is 79.9. The molecule has 0 amide bonds. The molecule has 19 heavy (non-hydrogen) atoms. The van der Waals surface area contributed by atoms with Crippen LogP contribution in [0.5, 0.6) is 0 Å². The summed E-state index contributed by atoms with van der Waals surface area (Å²) in [6.07, 6.45) is 6.90. The Kier molecular flexibility index (Phi) is 3.58. The topological polar surface area (TPSA) is 62.2 Å². The molecule has 2 N–H and O–H groups in total. The molecule has 2 aliphatic rings. The summed E-state index contributed by atoms with van der Waals surface area (Å²) in [5, 5.41) is 12.8. The lowest BCUT2D eigenvalue weighted by atomic mass is 9.84. The van der Waals surface area contributed by atoms with E-state index < -0.39 is 5.97 Å². The van der Waals surface area contributed by atoms with Gasteiger partial charge in [0, 0.05) is 29.5 Å². The summed E-state index contributed by atoms with van der Waals surface area (Å²) >= 11 is 3.40. The molecule has 1 aromatic rings. The SMILES string of the molecule is O=C(O)C1C2CCC(C2)C1NCc1cncc(Br)c1. The Labute approximate surface area is 120 Å². The first kappa shape index (κ1) is 13.1. The molecule has 4 unspecified atom stereocenters. The first-order valence-corrected chi connectivity index (χ1v) is 7.50. The third kappa shape index (κ3) is 2.54. The maximum absolute atomic E-state index is 11.4. The van der Waals surface area contributed by atoms with Crippen LogP contribution in [0.3, 0.4) is 0 Å². The van der Waals surface area contributed by atoms with E-state index in [0.29, 0.717) is 18.4 Å². The number of pyridine rings is 1. The molecule has 0 aliphatic heterocycles. The van der Waals surface area contributed by atoms with Gasteiger partial charge in [-0.15, -0.1) is 0 Å². The van der Waals surface area contributed by atoms with Crippen molar-refractivity contribution in [3.63, 3.8) is 0 Å². The average Bonchev–Trinajstić information content (AvgIpc) is 2.96. The molecular weight excluding hydrogens is 308 g/mol. The van der Waals surface area contributed by atoms with Gasteiger partial charge in [0.2, 0.25) is 0 Å². The lowest BCUT2D eigenvalue weighted by molar-refractivity contribution is -0.144. The van der Waals surface area contributed by atoms with E-state index in [0.717, 1.165) is 22.9 Å². The number of nitrogens with zero attached hydrogens (tertiary/aromatic N) is 1. The van der Waals surface area contributed by atoms with E-state index in [4.69, 9.17) is 0 Å². The van der Waals surface area contributed by atoms with Crippen LogP contribution in [0.4, 0.5) is 0 Å². The summed E-state index contributed by atoms with van der Waals surface area (Å²) < 4.78 is 0.953. The summed E-state index contributed by atoms with van der Waals surface area (Å²) in [6, 6.07) is 2.14. The molecule has 2 bridgehead atoms. The van der Waals surface area contributed by atoms with Crippen molar-refractivity contribution in [2.24, 2.45) is 17.8 Å². The quantitative estimate of drug-likeness (QED) is 0.893. The second-order valence-electron chi connectivity index (χ2n) is 5.62. The number of carbonyl (C=O) groups is 1. The van der Waals surface area contributed by atoms with Crippen LogP contribution >= 0.6 is 15.9 Å². The summed E-state index contributed by atoms with van der Waals surface area (Å²) in [4.78, 5) is 15.5. The van der Waals surface area contributed by atoms with Crippen LogP contribution in [0.25, 0.3) is 0 Å². The number of aromatic nitrogens is 1. The minimum Gasteiger partial charge on any atom is -0.481 e. The van der Waals surface area contributed by atoms with Crippen molar-refractivity contribution >= 4 is 21.9 Å². The molecule has 1 aromatic heterocycles. The number of rotatable bonds is 4. The van der Waals surface area contributed by atoms with Crippen LogP contribution in [-0.4, -0.2) is 22.1 Å². The maximum Gasteiger partial charge on any atom is 0.308 e. The van der Waals surface area contributed by atoms with Gasteiger partial charge >= 0.3 is 5.97 Å². The highest BCUT2D eigenvalue weighted by Crippen LogP contribution is 2.48. The van der Waals surface area contributed by atoms with E-state index in [1.54, 1.807) is 6.20 Å². The van der Waals surface area contributed by atoms with Crippen molar-refractivity contribution in [2.75, 3.05) is 0 Å². The highest BCUT2D eigenvalue weighted by molar-refractivity contribution is 9.10. The van der Waals surface area contributed by atoms with Gasteiger partial charge in [0.15, 0.2) is 0 Å². The Hall–Kier alpha value is -0.940. The molecular formula is C14H17BrN2O2. The van der Waals surface area contributed by atoms with Gasteiger partial charge < -0.3 is 10.4 Å². The van der Waals surface area contributed by atoms with Crippen molar-refractivity contribution in [3.05, 3.63) is 28.5 Å². The Balaban J connectivity index is 1.67. The van der Waals surface area contributed by atoms with Gasteiger partial charge in [0.1, 0.15) is 0 Å². The molecule has 5 heteroatoms. The molecule has 4 nitrogen and oxygen atoms in total. The van der Waals surface area contributed by atoms with Crippen molar-refractivity contribution in [3.8, 4) is 0 Å². The molecule has 0 saturated heterocycles. The predicted molar refractivity (Wildman–Crippen MR) is 74.5 cm³/mol. The second-order valence-corrected chi connectivity index (χ2v) is 6.53. The number of nitrogens with one attached hydrogen (secondary N) is 1. The molecule has 0 aromatic carbocycles. The molecule has 1 heterocycles. The van der Waals surface area contributed by atoms with Gasteiger partial charge in [0.25, 0.3) is 0 Å². The van der Waals surface area contributed by atoms with E-state index >= 15 is 0 Å². The van der Waals surface area contributed by atoms with Crippen molar-refractivity contribution in [2.45, 2.75) is 31.8 Å². The molecule has 2 aliphatic carbocycles. The molecule has 3 rings (SSSR count). The summed E-state index contributed by atoms with van der Waals surface area (Å²) in [7, 11) is 0. The highest BCUT2D eigenvalue weighted by Gasteiger charge is 2.50. The van der Waals surface area contributed by atoms with Crippen LogP contribution in [0.1, 0.15) is 24.8 Å². The van der Waals surface area contributed by atoms with Crippen molar-refractivity contribution in [1.29, 1.82) is 0 Å². The maximum atomic E-state index is 11.4. The minimum atomic E-state index is -0.642. The lowest BCUT2D eigenvalue weighted by Crippen LogP contribution is -2.43. The number of fused-ring (bicyclic) bond motifs is 2. The van der Waals surface area contributed by atoms with Crippen LogP contribution in [0.2, 0.25) is 0 Å². The smallest absolute Gasteiger partial charge is 0.308 e. The Morgan fingerprint density at radius 2 is 2.21 bits per heavy atom. The van der Waals surface area contributed by atoms with Crippen LogP contribution < -0.4 is 5.32 Å². The van der Waals surface area contributed by atoms with Gasteiger partial charge in [-0.05, 0) is 58.7 Å². The normalized spacial score (nSPS) is 32.7. The number of aliphatic carboxylic acids is 1. The summed E-state index contributed by atoms with van der Waals surface area (Å²) in [5.41, 5.74) is 1.08. The van der Waals surface area contributed by atoms with Crippen LogP contribution in [0, 0.1) is 17.8 Å². The summed E-state index contributed by atoms with van der Waals surface area (Å²) in [5.74, 6) is 0.0581. The molecule has 4 atom stereocenters. The van der Waals surface area contributed by atoms with Crippen LogP contribution in [-0.2, 0) is 11.3 Å². The van der Waals surface area contributed by atoms with Crippen molar-refractivity contribution in [1.82, 2.24) is 10.3 Å². The standard InChI is InChI=1S/C14H17BrN2O2/c15-11-3-8(5-16-7-11)6-17-13-10-2-1-9(4-10)12(13)14(18)19/h3,5,7,9-10,12-13,17H,1-2,4,6H2,(H,18,19). The predicted octanol–water partition coefficient (Wildman–Crippen LogP) is 2.43. The molecule has 2 saturated carbocycles. The number of halogens is 1. The first-order chi connectivity index (χ1) is 9.15. The zero-order valence-corrected chi connectivity index (χ0v) is 12.1. The van der Waals surface area contributed by atoms with E-state index in [9.17, 15) is 9.90 Å². The van der Waals surface area contributed by atoms with E-state index in [1.807, 2.05) is 12.3 Å². The fourth-order valence-electron chi connectivity index (χ4n) is 3.73. The van der Waals surface area contributed by atoms with Crippen LogP contribution in [0.15, 0.2) is 22.9 Å². The van der Waals surface area contributed by atoms with E-state index in [-0.39, 0.29) is 12.0 Å². The Morgan fingerprint density at radius 1 is 1.42 bits per heavy atom. The number of hydrogen-bond acceptors (Lipinski definition) is 3. The van der Waals surface area contributed by atoms with Gasteiger partial charge in [-0.25, -0.2) is 0 Å². The Morgan fingerprint density at radius 3 is 2.95 bits per heavy atom. The number of carboxylic acids is 1. The van der Waals surface area contributed by atoms with Gasteiger partial charge in [0.05, 0.1) is 5.92 Å². The monoisotopic (exact) mass is 324 g/mol. The molecule has 102 valence electrons. The third-order valence-corrected chi connectivity index (χ3v) is 4.94. The molecule has 2 fully saturated rings. The van der Waals surface area contributed by atoms with Gasteiger partial charge in [-0.3, -0.25) is 9.78 Å². The Bertz CT molecular complexity index is 494. The molecule has 0 spiro atoms. The lowest BCUT2D eigenvalue weighted by Gasteiger charge is -2.29.